The van der Waals surface area contributed by atoms with Gasteiger partial charge in [0.1, 0.15) is 42.7 Å². The molecule has 0 aromatic carbocycles. The zero-order valence-electron chi connectivity index (χ0n) is 15.6. The average Bonchev–Trinajstić information content (AvgIpc) is 2.69. The van der Waals surface area contributed by atoms with Gasteiger partial charge < -0.3 is 49.8 Å². The Kier molecular flexibility index (Phi) is 7.23. The summed E-state index contributed by atoms with van der Waals surface area (Å²) in [6, 6.07) is -0.929. The van der Waals surface area contributed by atoms with E-state index in [0.29, 0.717) is 12.8 Å². The van der Waals surface area contributed by atoms with Gasteiger partial charge in [-0.05, 0) is 12.8 Å². The first-order chi connectivity index (χ1) is 13.4. The highest BCUT2D eigenvalue weighted by atomic mass is 16.7. The van der Waals surface area contributed by atoms with Gasteiger partial charge in [-0.15, -0.1) is 0 Å². The van der Waals surface area contributed by atoms with Crippen molar-refractivity contribution in [1.82, 2.24) is 5.32 Å². The van der Waals surface area contributed by atoms with Crippen LogP contribution in [0.15, 0.2) is 0 Å². The molecule has 0 aromatic rings. The molecule has 11 heteroatoms. The van der Waals surface area contributed by atoms with E-state index in [-0.39, 0.29) is 6.61 Å². The number of aliphatic hydroxyl groups is 5. The predicted octanol–water partition coefficient (Wildman–Crippen LogP) is -3.39. The Hall–Kier alpha value is -0.890. The van der Waals surface area contributed by atoms with Crippen LogP contribution in [0, 0.1) is 0 Å². The topological polar surface area (TPSA) is 167 Å². The highest BCUT2D eigenvalue weighted by molar-refractivity contribution is 5.73. The summed E-state index contributed by atoms with van der Waals surface area (Å²) < 4.78 is 22.8. The van der Waals surface area contributed by atoms with Gasteiger partial charge in [-0.1, -0.05) is 0 Å². The van der Waals surface area contributed by atoms with Crippen LogP contribution in [0.2, 0.25) is 0 Å². The van der Waals surface area contributed by atoms with E-state index < -0.39 is 80.3 Å². The molecule has 6 aliphatic rings. The molecule has 0 saturated carbocycles. The lowest BCUT2D eigenvalue weighted by Gasteiger charge is -2.47. The summed E-state index contributed by atoms with van der Waals surface area (Å²) in [4.78, 5) is 11.6. The molecule has 0 radical (unpaired) electrons. The van der Waals surface area contributed by atoms with Crippen molar-refractivity contribution in [2.24, 2.45) is 0 Å². The summed E-state index contributed by atoms with van der Waals surface area (Å²) in [6.07, 6.45) is -9.23. The van der Waals surface area contributed by atoms with E-state index in [2.05, 4.69) is 5.32 Å². The molecule has 0 spiro atoms. The van der Waals surface area contributed by atoms with Crippen molar-refractivity contribution in [3.05, 3.63) is 0 Å². The maximum absolute atomic E-state index is 11.6. The number of ether oxygens (including phenoxy) is 4. The smallest absolute Gasteiger partial charge is 0.217 e. The SMILES string of the molecule is CC(=O)N[C@H]1[C@H](O)[C@H]2OC3[C@@H](CO)O[C@H](CCCO[C@@H]1[C@@H](CO)O2)[C@H](O)[C@H]3O. The fourth-order valence-electron chi connectivity index (χ4n) is 4.03. The molecule has 6 N–H and O–H groups in total. The number of aliphatic hydroxyl groups excluding tert-OH is 5. The zero-order chi connectivity index (χ0) is 20.4. The molecular weight excluding hydrogens is 378 g/mol. The molecule has 6 fully saturated rings. The lowest BCUT2D eigenvalue weighted by atomic mass is 9.92. The van der Waals surface area contributed by atoms with Crippen molar-refractivity contribution in [2.75, 3.05) is 19.8 Å². The van der Waals surface area contributed by atoms with E-state index in [4.69, 9.17) is 18.9 Å². The molecule has 1 unspecified atom stereocenters. The summed E-state index contributed by atoms with van der Waals surface area (Å²) in [6.45, 7) is 0.528. The van der Waals surface area contributed by atoms with E-state index in [1.165, 1.54) is 6.92 Å². The largest absolute Gasteiger partial charge is 0.394 e. The number of nitrogens with one attached hydrogen (secondary N) is 1. The van der Waals surface area contributed by atoms with Gasteiger partial charge in [0.25, 0.3) is 0 Å². The number of hydrogen-bond donors (Lipinski definition) is 6. The van der Waals surface area contributed by atoms with Crippen LogP contribution in [0.4, 0.5) is 0 Å². The third kappa shape index (κ3) is 4.32. The van der Waals surface area contributed by atoms with Crippen LogP contribution >= 0.6 is 0 Å². The maximum Gasteiger partial charge on any atom is 0.217 e. The van der Waals surface area contributed by atoms with Crippen molar-refractivity contribution >= 4 is 5.91 Å². The van der Waals surface area contributed by atoms with Gasteiger partial charge in [0.15, 0.2) is 6.29 Å². The lowest BCUT2D eigenvalue weighted by molar-refractivity contribution is -0.330. The van der Waals surface area contributed by atoms with Gasteiger partial charge in [0.2, 0.25) is 5.91 Å². The van der Waals surface area contributed by atoms with E-state index in [0.717, 1.165) is 0 Å². The first kappa shape index (κ1) is 21.8. The van der Waals surface area contributed by atoms with Gasteiger partial charge in [0, 0.05) is 13.5 Å². The molecule has 6 heterocycles. The standard InChI is InChI=1S/C17H29NO10/c1-7(21)18-11-13(23)17-27-9(5-19)15(11)25-4-2-3-8-12(22)14(24)16(28-17)10(6-20)26-8/h8-17,19-20,22-24H,2-6H2,1H3,(H,18,21)/t8-,9-,10-,11+,12+,13+,14-,15-,16?,17-/m1/s1. The molecule has 0 aromatic heterocycles. The van der Waals surface area contributed by atoms with Gasteiger partial charge in [-0.25, -0.2) is 0 Å². The Morgan fingerprint density at radius 2 is 1.64 bits per heavy atom. The Labute approximate surface area is 162 Å². The number of amides is 1. The summed E-state index contributed by atoms with van der Waals surface area (Å²) in [5.41, 5.74) is 0. The number of carbonyl (C=O) groups excluding carboxylic acids is 1. The van der Waals surface area contributed by atoms with Crippen molar-refractivity contribution < 1.29 is 49.3 Å². The van der Waals surface area contributed by atoms with Crippen LogP contribution in [-0.2, 0) is 23.7 Å². The van der Waals surface area contributed by atoms with Crippen LogP contribution in [0.25, 0.3) is 0 Å². The fourth-order valence-corrected chi connectivity index (χ4v) is 4.03. The molecular formula is C17H29NO10. The van der Waals surface area contributed by atoms with Gasteiger partial charge in [-0.3, -0.25) is 4.79 Å². The number of rotatable bonds is 3. The van der Waals surface area contributed by atoms with Gasteiger partial charge in [-0.2, -0.15) is 0 Å². The third-order valence-corrected chi connectivity index (χ3v) is 5.42. The minimum absolute atomic E-state index is 0.175. The molecule has 0 aliphatic carbocycles. The summed E-state index contributed by atoms with van der Waals surface area (Å²) in [7, 11) is 0. The Balaban J connectivity index is 1.93. The second kappa shape index (κ2) is 9.28. The second-order valence-corrected chi connectivity index (χ2v) is 7.40. The minimum atomic E-state index is -1.39. The quantitative estimate of drug-likeness (QED) is 0.278. The summed E-state index contributed by atoms with van der Waals surface area (Å²) in [5, 5.41) is 53.6. The first-order valence-electron chi connectivity index (χ1n) is 9.48. The summed E-state index contributed by atoms with van der Waals surface area (Å²) >= 11 is 0. The Morgan fingerprint density at radius 1 is 0.964 bits per heavy atom. The third-order valence-electron chi connectivity index (χ3n) is 5.42. The van der Waals surface area contributed by atoms with E-state index >= 15 is 0 Å². The average molecular weight is 407 g/mol. The van der Waals surface area contributed by atoms with Crippen LogP contribution in [0.5, 0.6) is 0 Å². The van der Waals surface area contributed by atoms with E-state index in [1.54, 1.807) is 0 Å². The molecule has 10 atom stereocenters. The molecule has 6 aliphatic heterocycles. The van der Waals surface area contributed by atoms with Crippen molar-refractivity contribution in [1.29, 1.82) is 0 Å². The van der Waals surface area contributed by atoms with Gasteiger partial charge >= 0.3 is 0 Å². The first-order valence-corrected chi connectivity index (χ1v) is 9.48. The predicted molar refractivity (Wildman–Crippen MR) is 91.0 cm³/mol. The molecule has 11 nitrogen and oxygen atoms in total. The number of hydrogen-bond acceptors (Lipinski definition) is 10. The van der Waals surface area contributed by atoms with Crippen molar-refractivity contribution in [3.63, 3.8) is 0 Å². The molecule has 1 amide bonds. The highest BCUT2D eigenvalue weighted by Crippen LogP contribution is 2.32. The maximum atomic E-state index is 11.6. The summed E-state index contributed by atoms with van der Waals surface area (Å²) in [5.74, 6) is -0.410. The zero-order valence-corrected chi connectivity index (χ0v) is 15.6. The molecule has 4 bridgehead atoms. The molecule has 6 rings (SSSR count). The lowest BCUT2D eigenvalue weighted by Crippen LogP contribution is -2.67. The van der Waals surface area contributed by atoms with Crippen LogP contribution in [-0.4, -0.2) is 112 Å². The van der Waals surface area contributed by atoms with Crippen LogP contribution < -0.4 is 5.32 Å². The molecule has 28 heavy (non-hydrogen) atoms. The van der Waals surface area contributed by atoms with Gasteiger partial charge in [0.05, 0.1) is 25.4 Å². The molecule has 162 valence electrons. The second-order valence-electron chi connectivity index (χ2n) is 7.40. The Morgan fingerprint density at radius 3 is 2.29 bits per heavy atom. The Bertz CT molecular complexity index is 534. The van der Waals surface area contributed by atoms with Crippen LogP contribution in [0.1, 0.15) is 19.8 Å². The monoisotopic (exact) mass is 407 g/mol. The van der Waals surface area contributed by atoms with Crippen molar-refractivity contribution in [2.45, 2.75) is 80.9 Å². The fraction of sp³-hybridized carbons (Fsp3) is 0.941. The minimum Gasteiger partial charge on any atom is -0.394 e. The van der Waals surface area contributed by atoms with Crippen LogP contribution in [0.3, 0.4) is 0 Å². The highest BCUT2D eigenvalue weighted by Gasteiger charge is 2.51. The van der Waals surface area contributed by atoms with E-state index in [1.807, 2.05) is 0 Å². The normalized spacial score (nSPS) is 47.1. The van der Waals surface area contributed by atoms with Crippen molar-refractivity contribution in [3.8, 4) is 0 Å². The molecule has 6 saturated heterocycles. The van der Waals surface area contributed by atoms with E-state index in [9.17, 15) is 30.3 Å². The number of carbonyl (C=O) groups is 1.